The van der Waals surface area contributed by atoms with E-state index in [0.717, 1.165) is 30.3 Å². The first kappa shape index (κ1) is 15.7. The molecule has 1 aliphatic rings. The number of nitrogens with zero attached hydrogens (tertiary/aromatic N) is 1. The molecular formula is C17H27ClN2. The third-order valence-corrected chi connectivity index (χ3v) is 4.71. The Hall–Kier alpha value is -0.730. The largest absolute Gasteiger partial charge is 0.368 e. The Morgan fingerprint density at radius 3 is 2.80 bits per heavy atom. The predicted octanol–water partition coefficient (Wildman–Crippen LogP) is 4.24. The topological polar surface area (TPSA) is 29.3 Å². The molecule has 0 spiro atoms. The Morgan fingerprint density at radius 2 is 2.10 bits per heavy atom. The summed E-state index contributed by atoms with van der Waals surface area (Å²) >= 11 is 6.19. The van der Waals surface area contributed by atoms with E-state index in [2.05, 4.69) is 37.8 Å². The first-order chi connectivity index (χ1) is 9.51. The number of nitrogens with two attached hydrogens (primary N) is 1. The van der Waals surface area contributed by atoms with Gasteiger partial charge in [0, 0.05) is 29.3 Å². The van der Waals surface area contributed by atoms with E-state index in [1.165, 1.54) is 24.1 Å². The second kappa shape index (κ2) is 6.82. The van der Waals surface area contributed by atoms with E-state index in [0.29, 0.717) is 6.04 Å². The van der Waals surface area contributed by atoms with Crippen LogP contribution in [0.4, 0.5) is 5.69 Å². The van der Waals surface area contributed by atoms with E-state index in [4.69, 9.17) is 17.3 Å². The Bertz CT molecular complexity index is 447. The lowest BCUT2D eigenvalue weighted by Crippen LogP contribution is -2.41. The van der Waals surface area contributed by atoms with Gasteiger partial charge in [-0.2, -0.15) is 0 Å². The average molecular weight is 295 g/mol. The minimum Gasteiger partial charge on any atom is -0.368 e. The van der Waals surface area contributed by atoms with E-state index in [-0.39, 0.29) is 6.04 Å². The van der Waals surface area contributed by atoms with Crippen molar-refractivity contribution in [3.8, 4) is 0 Å². The summed E-state index contributed by atoms with van der Waals surface area (Å²) in [7, 11) is 0. The highest BCUT2D eigenvalue weighted by Gasteiger charge is 2.25. The molecule has 0 bridgehead atoms. The van der Waals surface area contributed by atoms with Crippen LogP contribution in [0.25, 0.3) is 0 Å². The van der Waals surface area contributed by atoms with Crippen LogP contribution in [0.15, 0.2) is 18.2 Å². The van der Waals surface area contributed by atoms with Crippen molar-refractivity contribution in [3.05, 3.63) is 28.8 Å². The van der Waals surface area contributed by atoms with E-state index in [1.54, 1.807) is 0 Å². The van der Waals surface area contributed by atoms with Gasteiger partial charge in [-0.25, -0.2) is 0 Å². The highest BCUT2D eigenvalue weighted by atomic mass is 35.5. The standard InChI is InChI=1S/C17H27ClN2/c1-4-16(19)10-14-9-15(18)7-8-17(14)20-11-12(2)5-6-13(20)3/h7-9,12-13,16H,4-6,10-11,19H2,1-3H3. The molecule has 0 aromatic heterocycles. The Balaban J connectivity index is 2.29. The summed E-state index contributed by atoms with van der Waals surface area (Å²) in [6.07, 6.45) is 4.50. The Labute approximate surface area is 128 Å². The summed E-state index contributed by atoms with van der Waals surface area (Å²) in [6, 6.07) is 7.09. The van der Waals surface area contributed by atoms with Gasteiger partial charge in [0.2, 0.25) is 0 Å². The predicted molar refractivity (Wildman–Crippen MR) is 88.6 cm³/mol. The van der Waals surface area contributed by atoms with Gasteiger partial charge in [0.15, 0.2) is 0 Å². The van der Waals surface area contributed by atoms with E-state index in [1.807, 2.05) is 6.07 Å². The lowest BCUT2D eigenvalue weighted by atomic mass is 9.93. The van der Waals surface area contributed by atoms with Crippen molar-refractivity contribution in [3.63, 3.8) is 0 Å². The fraction of sp³-hybridized carbons (Fsp3) is 0.647. The molecule has 1 aliphatic heterocycles. The summed E-state index contributed by atoms with van der Waals surface area (Å²) in [5.41, 5.74) is 8.78. The molecule has 112 valence electrons. The maximum Gasteiger partial charge on any atom is 0.0410 e. The zero-order valence-corrected chi connectivity index (χ0v) is 13.7. The number of hydrogen-bond donors (Lipinski definition) is 1. The molecule has 3 unspecified atom stereocenters. The second-order valence-electron chi connectivity index (χ2n) is 6.33. The van der Waals surface area contributed by atoms with Crippen LogP contribution in [0.5, 0.6) is 0 Å². The van der Waals surface area contributed by atoms with Crippen molar-refractivity contribution >= 4 is 17.3 Å². The minimum atomic E-state index is 0.213. The summed E-state index contributed by atoms with van der Waals surface area (Å²) < 4.78 is 0. The van der Waals surface area contributed by atoms with Crippen LogP contribution in [0, 0.1) is 5.92 Å². The van der Waals surface area contributed by atoms with Gasteiger partial charge in [-0.05, 0) is 62.3 Å². The average Bonchev–Trinajstić information content (AvgIpc) is 2.42. The van der Waals surface area contributed by atoms with Gasteiger partial charge in [0.25, 0.3) is 0 Å². The molecule has 3 heteroatoms. The molecule has 0 radical (unpaired) electrons. The molecule has 1 saturated heterocycles. The number of benzene rings is 1. The van der Waals surface area contributed by atoms with E-state index in [9.17, 15) is 0 Å². The highest BCUT2D eigenvalue weighted by molar-refractivity contribution is 6.30. The number of hydrogen-bond acceptors (Lipinski definition) is 2. The SMILES string of the molecule is CCC(N)Cc1cc(Cl)ccc1N1CC(C)CCC1C. The van der Waals surface area contributed by atoms with Crippen LogP contribution in [-0.2, 0) is 6.42 Å². The van der Waals surface area contributed by atoms with E-state index >= 15 is 0 Å². The molecule has 0 amide bonds. The van der Waals surface area contributed by atoms with Crippen LogP contribution in [0.1, 0.15) is 45.6 Å². The maximum atomic E-state index is 6.19. The maximum absolute atomic E-state index is 6.19. The molecule has 2 N–H and O–H groups in total. The minimum absolute atomic E-state index is 0.213. The summed E-state index contributed by atoms with van der Waals surface area (Å²) in [4.78, 5) is 2.54. The van der Waals surface area contributed by atoms with Crippen LogP contribution < -0.4 is 10.6 Å². The molecule has 1 aromatic rings. The van der Waals surface area contributed by atoms with Crippen molar-refractivity contribution in [1.82, 2.24) is 0 Å². The molecule has 1 fully saturated rings. The van der Waals surface area contributed by atoms with Crippen LogP contribution in [-0.4, -0.2) is 18.6 Å². The molecule has 2 rings (SSSR count). The Kier molecular flexibility index (Phi) is 5.34. The number of piperidine rings is 1. The summed E-state index contributed by atoms with van der Waals surface area (Å²) in [6.45, 7) is 7.94. The monoisotopic (exact) mass is 294 g/mol. The van der Waals surface area contributed by atoms with E-state index < -0.39 is 0 Å². The fourth-order valence-corrected chi connectivity index (χ4v) is 3.24. The zero-order valence-electron chi connectivity index (χ0n) is 12.9. The summed E-state index contributed by atoms with van der Waals surface area (Å²) in [5.74, 6) is 0.759. The van der Waals surface area contributed by atoms with Crippen LogP contribution >= 0.6 is 11.6 Å². The lowest BCUT2D eigenvalue weighted by Gasteiger charge is -2.40. The molecular weight excluding hydrogens is 268 g/mol. The first-order valence-electron chi connectivity index (χ1n) is 7.81. The highest BCUT2D eigenvalue weighted by Crippen LogP contribution is 2.32. The fourth-order valence-electron chi connectivity index (χ4n) is 3.05. The van der Waals surface area contributed by atoms with Gasteiger partial charge in [0.05, 0.1) is 0 Å². The molecule has 0 saturated carbocycles. The lowest BCUT2D eigenvalue weighted by molar-refractivity contribution is 0.389. The van der Waals surface area contributed by atoms with Crippen molar-refractivity contribution in [1.29, 1.82) is 0 Å². The molecule has 20 heavy (non-hydrogen) atoms. The Morgan fingerprint density at radius 1 is 1.35 bits per heavy atom. The van der Waals surface area contributed by atoms with Gasteiger partial charge in [-0.1, -0.05) is 25.4 Å². The quantitative estimate of drug-likeness (QED) is 0.900. The van der Waals surface area contributed by atoms with Gasteiger partial charge in [0.1, 0.15) is 0 Å². The van der Waals surface area contributed by atoms with Crippen molar-refractivity contribution < 1.29 is 0 Å². The van der Waals surface area contributed by atoms with Gasteiger partial charge < -0.3 is 10.6 Å². The third kappa shape index (κ3) is 3.67. The van der Waals surface area contributed by atoms with Crippen LogP contribution in [0.2, 0.25) is 5.02 Å². The normalized spacial score (nSPS) is 24.8. The number of rotatable bonds is 4. The first-order valence-corrected chi connectivity index (χ1v) is 8.19. The molecule has 0 aliphatic carbocycles. The zero-order chi connectivity index (χ0) is 14.7. The van der Waals surface area contributed by atoms with Gasteiger partial charge in [-0.3, -0.25) is 0 Å². The second-order valence-corrected chi connectivity index (χ2v) is 6.77. The number of halogens is 1. The van der Waals surface area contributed by atoms with Crippen LogP contribution in [0.3, 0.4) is 0 Å². The number of anilines is 1. The van der Waals surface area contributed by atoms with Gasteiger partial charge in [-0.15, -0.1) is 0 Å². The third-order valence-electron chi connectivity index (χ3n) is 4.48. The van der Waals surface area contributed by atoms with Crippen molar-refractivity contribution in [2.75, 3.05) is 11.4 Å². The summed E-state index contributed by atoms with van der Waals surface area (Å²) in [5, 5.41) is 0.810. The molecule has 1 heterocycles. The molecule has 2 nitrogen and oxygen atoms in total. The molecule has 1 aromatic carbocycles. The van der Waals surface area contributed by atoms with Crippen molar-refractivity contribution in [2.45, 2.75) is 58.5 Å². The molecule has 3 atom stereocenters. The van der Waals surface area contributed by atoms with Crippen molar-refractivity contribution in [2.24, 2.45) is 11.7 Å². The van der Waals surface area contributed by atoms with Gasteiger partial charge >= 0.3 is 0 Å². The smallest absolute Gasteiger partial charge is 0.0410 e.